The third-order valence-electron chi connectivity index (χ3n) is 5.48. The number of carbonyl (C=O) groups excluding carboxylic acids is 3. The molecule has 10 nitrogen and oxygen atoms in total. The van der Waals surface area contributed by atoms with Gasteiger partial charge < -0.3 is 15.0 Å². The number of anilines is 1. The van der Waals surface area contributed by atoms with Crippen LogP contribution in [0.15, 0.2) is 46.8 Å². The number of aromatic nitrogens is 2. The zero-order valence-electron chi connectivity index (χ0n) is 18.9. The second kappa shape index (κ2) is 10.4. The van der Waals surface area contributed by atoms with E-state index in [0.29, 0.717) is 23.1 Å². The minimum Gasteiger partial charge on any atom is -0.466 e. The zero-order valence-corrected chi connectivity index (χ0v) is 20.6. The molecule has 2 amide bonds. The first-order chi connectivity index (χ1) is 16.8. The molecule has 182 valence electrons. The van der Waals surface area contributed by atoms with Crippen LogP contribution < -0.4 is 15.8 Å². The summed E-state index contributed by atoms with van der Waals surface area (Å²) in [6.07, 6.45) is 4.39. The highest BCUT2D eigenvalue weighted by molar-refractivity contribution is 8.26. The normalized spacial score (nSPS) is 19.4. The fraction of sp³-hybridized carbons (Fsp3) is 0.304. The van der Waals surface area contributed by atoms with Crippen molar-refractivity contribution >= 4 is 63.6 Å². The van der Waals surface area contributed by atoms with Crippen LogP contribution in [0.1, 0.15) is 18.9 Å². The first-order valence-electron chi connectivity index (χ1n) is 10.9. The summed E-state index contributed by atoms with van der Waals surface area (Å²) in [5.41, 5.74) is 0.0709. The van der Waals surface area contributed by atoms with Crippen LogP contribution in [-0.4, -0.2) is 68.7 Å². The van der Waals surface area contributed by atoms with E-state index < -0.39 is 17.6 Å². The number of piperazine rings is 1. The molecule has 0 radical (unpaired) electrons. The highest BCUT2D eigenvalue weighted by Crippen LogP contribution is 2.34. The molecule has 2 aromatic heterocycles. The topological polar surface area (TPSA) is 113 Å². The summed E-state index contributed by atoms with van der Waals surface area (Å²) in [7, 11) is 0. The van der Waals surface area contributed by atoms with Crippen LogP contribution in [0.4, 0.5) is 5.82 Å². The molecule has 2 aliphatic heterocycles. The molecule has 1 N–H and O–H groups in total. The Morgan fingerprint density at radius 3 is 2.91 bits per heavy atom. The SMILES string of the molecule is C=CCN1C(=O)/C(=C/c2c(N3CCNC(=O)C3CC(=O)OCC)nc3ccccn3c2=O)SC1=S. The van der Waals surface area contributed by atoms with Crippen molar-refractivity contribution in [1.29, 1.82) is 0 Å². The van der Waals surface area contributed by atoms with E-state index in [-0.39, 0.29) is 47.7 Å². The van der Waals surface area contributed by atoms with Gasteiger partial charge in [-0.15, -0.1) is 6.58 Å². The lowest BCUT2D eigenvalue weighted by Gasteiger charge is -2.36. The highest BCUT2D eigenvalue weighted by Gasteiger charge is 2.36. The van der Waals surface area contributed by atoms with Gasteiger partial charge in [-0.25, -0.2) is 4.98 Å². The average molecular weight is 514 g/mol. The summed E-state index contributed by atoms with van der Waals surface area (Å²) in [5.74, 6) is -1.05. The van der Waals surface area contributed by atoms with Crippen molar-refractivity contribution in [3.8, 4) is 0 Å². The minimum atomic E-state index is -0.928. The monoisotopic (exact) mass is 513 g/mol. The van der Waals surface area contributed by atoms with Crippen molar-refractivity contribution in [2.24, 2.45) is 0 Å². The molecule has 1 atom stereocenters. The van der Waals surface area contributed by atoms with Crippen molar-refractivity contribution in [2.75, 3.05) is 31.1 Å². The molecule has 0 aromatic carbocycles. The number of hydrogen-bond donors (Lipinski definition) is 1. The molecule has 0 spiro atoms. The molecule has 0 bridgehead atoms. The van der Waals surface area contributed by atoms with Crippen LogP contribution >= 0.6 is 24.0 Å². The molecule has 2 saturated heterocycles. The number of thioether (sulfide) groups is 1. The van der Waals surface area contributed by atoms with Gasteiger partial charge >= 0.3 is 5.97 Å². The van der Waals surface area contributed by atoms with Gasteiger partial charge in [-0.1, -0.05) is 36.1 Å². The molecule has 4 rings (SSSR count). The van der Waals surface area contributed by atoms with Gasteiger partial charge in [0.2, 0.25) is 5.91 Å². The summed E-state index contributed by atoms with van der Waals surface area (Å²) >= 11 is 6.39. The Kier molecular flexibility index (Phi) is 7.31. The number of thiocarbonyl (C=S) groups is 1. The lowest BCUT2D eigenvalue weighted by Crippen LogP contribution is -2.57. The van der Waals surface area contributed by atoms with Crippen molar-refractivity contribution < 1.29 is 19.1 Å². The number of nitrogens with one attached hydrogen (secondary N) is 1. The third-order valence-corrected chi connectivity index (χ3v) is 6.86. The molecular weight excluding hydrogens is 490 g/mol. The van der Waals surface area contributed by atoms with Crippen LogP contribution in [-0.2, 0) is 19.1 Å². The fourth-order valence-corrected chi connectivity index (χ4v) is 5.16. The number of nitrogens with zero attached hydrogens (tertiary/aromatic N) is 4. The molecule has 12 heteroatoms. The van der Waals surface area contributed by atoms with Gasteiger partial charge in [0.25, 0.3) is 11.5 Å². The van der Waals surface area contributed by atoms with Crippen LogP contribution in [0.25, 0.3) is 11.7 Å². The molecule has 2 aromatic rings. The molecule has 0 aliphatic carbocycles. The number of rotatable bonds is 7. The van der Waals surface area contributed by atoms with Crippen LogP contribution in [0.5, 0.6) is 0 Å². The summed E-state index contributed by atoms with van der Waals surface area (Å²) in [6, 6.07) is 4.18. The first kappa shape index (κ1) is 24.6. The van der Waals surface area contributed by atoms with E-state index in [1.807, 2.05) is 0 Å². The Balaban J connectivity index is 1.87. The maximum absolute atomic E-state index is 13.6. The number of fused-ring (bicyclic) bond motifs is 1. The van der Waals surface area contributed by atoms with E-state index in [4.69, 9.17) is 17.0 Å². The Hall–Kier alpha value is -3.51. The third kappa shape index (κ3) is 4.84. The Morgan fingerprint density at radius 1 is 1.37 bits per heavy atom. The number of ether oxygens (including phenoxy) is 1. The van der Waals surface area contributed by atoms with E-state index in [2.05, 4.69) is 16.9 Å². The minimum absolute atomic E-state index is 0.122. The van der Waals surface area contributed by atoms with Gasteiger partial charge in [-0.3, -0.25) is 28.5 Å². The van der Waals surface area contributed by atoms with Gasteiger partial charge in [0.05, 0.1) is 23.5 Å². The standard InChI is InChI=1S/C23H23N5O5S2/c1-3-9-28-22(32)16(35-23(28)34)12-14-19(25-17-7-5-6-10-27(17)21(14)31)26-11-8-24-20(30)15(26)13-18(29)33-4-2/h3,5-7,10,12,15H,1,4,8-9,11,13H2,2H3,(H,24,30)/b16-12-. The first-order valence-corrected chi connectivity index (χ1v) is 12.2. The predicted molar refractivity (Wildman–Crippen MR) is 137 cm³/mol. The number of esters is 1. The van der Waals surface area contributed by atoms with Crippen LogP contribution in [0, 0.1) is 0 Å². The smallest absolute Gasteiger partial charge is 0.308 e. The van der Waals surface area contributed by atoms with Gasteiger partial charge in [0.1, 0.15) is 21.8 Å². The van der Waals surface area contributed by atoms with Gasteiger partial charge in [-0.05, 0) is 25.1 Å². The van der Waals surface area contributed by atoms with Gasteiger partial charge in [-0.2, -0.15) is 0 Å². The molecular formula is C23H23N5O5S2. The van der Waals surface area contributed by atoms with E-state index >= 15 is 0 Å². The maximum Gasteiger partial charge on any atom is 0.308 e. The summed E-state index contributed by atoms with van der Waals surface area (Å²) < 4.78 is 6.77. The number of carbonyl (C=O) groups is 3. The molecule has 0 saturated carbocycles. The predicted octanol–water partition coefficient (Wildman–Crippen LogP) is 1.34. The number of amides is 2. The van der Waals surface area contributed by atoms with E-state index in [1.54, 1.807) is 42.3 Å². The summed E-state index contributed by atoms with van der Waals surface area (Å²) in [6.45, 7) is 6.37. The second-order valence-corrected chi connectivity index (χ2v) is 9.35. The van der Waals surface area contributed by atoms with Crippen molar-refractivity contribution in [3.63, 3.8) is 0 Å². The van der Waals surface area contributed by atoms with Crippen LogP contribution in [0.3, 0.4) is 0 Å². The fourth-order valence-electron chi connectivity index (χ4n) is 3.90. The quantitative estimate of drug-likeness (QED) is 0.254. The van der Waals surface area contributed by atoms with Gasteiger partial charge in [0.15, 0.2) is 0 Å². The highest BCUT2D eigenvalue weighted by atomic mass is 32.2. The molecule has 2 aliphatic rings. The average Bonchev–Trinajstić information content (AvgIpc) is 3.10. The Labute approximate surface area is 210 Å². The van der Waals surface area contributed by atoms with Crippen molar-refractivity contribution in [3.05, 3.63) is 57.9 Å². The zero-order chi connectivity index (χ0) is 25.1. The maximum atomic E-state index is 13.6. The molecule has 1 unspecified atom stereocenters. The lowest BCUT2D eigenvalue weighted by atomic mass is 10.1. The largest absolute Gasteiger partial charge is 0.466 e. The lowest BCUT2D eigenvalue weighted by molar-refractivity contribution is -0.145. The molecule has 2 fully saturated rings. The summed E-state index contributed by atoms with van der Waals surface area (Å²) in [5, 5.41) is 2.75. The molecule has 35 heavy (non-hydrogen) atoms. The van der Waals surface area contributed by atoms with Crippen LogP contribution in [0.2, 0.25) is 0 Å². The summed E-state index contributed by atoms with van der Waals surface area (Å²) in [4.78, 5) is 59.5. The van der Waals surface area contributed by atoms with E-state index in [9.17, 15) is 19.2 Å². The Morgan fingerprint density at radius 2 is 2.17 bits per heavy atom. The number of hydrogen-bond acceptors (Lipinski definition) is 9. The second-order valence-electron chi connectivity index (χ2n) is 7.67. The van der Waals surface area contributed by atoms with Crippen molar-refractivity contribution in [2.45, 2.75) is 19.4 Å². The Bertz CT molecular complexity index is 1320. The van der Waals surface area contributed by atoms with E-state index in [1.165, 1.54) is 15.4 Å². The number of pyridine rings is 1. The van der Waals surface area contributed by atoms with E-state index in [0.717, 1.165) is 11.8 Å². The van der Waals surface area contributed by atoms with Crippen molar-refractivity contribution in [1.82, 2.24) is 19.6 Å². The molecule has 4 heterocycles. The van der Waals surface area contributed by atoms with Gasteiger partial charge in [0, 0.05) is 25.8 Å².